The van der Waals surface area contributed by atoms with Gasteiger partial charge in [0.25, 0.3) is 0 Å². The number of fused-ring (bicyclic) bond motifs is 3. The molecule has 5 heteroatoms. The molecule has 0 spiro atoms. The zero-order chi connectivity index (χ0) is 42.9. The molecule has 0 amide bonds. The van der Waals surface area contributed by atoms with Crippen molar-refractivity contribution in [1.29, 1.82) is 0 Å². The predicted octanol–water partition coefficient (Wildman–Crippen LogP) is 14.6. The number of nitrogens with zero attached hydrogens (tertiary/aromatic N) is 3. The molecule has 11 rings (SSSR count). The van der Waals surface area contributed by atoms with Crippen molar-refractivity contribution in [2.45, 2.75) is 13.8 Å². The van der Waals surface area contributed by atoms with Gasteiger partial charge >= 0.3 is 0 Å². The largest absolute Gasteiger partial charge is 0.557 e. The standard InChI is InChI=1S/C44H29N2O.C12H10N.Ir/c1-29-25-36(31-13-4-2-5-14-31)43(37(26-29)32-15-6-3-7-16-32)46-41-22-11-10-21-40(41)45-44(46)39-28-47-42-24-23-33(27-38(39)42)35-20-12-18-30-17-8-9-19-34(30)35;1-10-7-8-12(13-9-10)11-5-3-2-4-6-11;/h2-27H,1H3;2-5,7-9H,1H3;/q2*-1;/i;1D3;. The molecule has 0 bridgehead atoms. The number of pyridine rings is 1. The average Bonchev–Trinajstić information content (AvgIpc) is 3.93. The van der Waals surface area contributed by atoms with Crippen LogP contribution < -0.4 is 0 Å². The van der Waals surface area contributed by atoms with Crippen LogP contribution in [0.3, 0.4) is 0 Å². The minimum Gasteiger partial charge on any atom is -0.557 e. The van der Waals surface area contributed by atoms with Crippen LogP contribution in [0.25, 0.3) is 94.5 Å². The molecule has 295 valence electrons. The zero-order valence-electron chi connectivity index (χ0n) is 36.1. The first-order chi connectivity index (χ1) is 30.8. The number of rotatable bonds is 6. The molecule has 0 unspecified atom stereocenters. The van der Waals surface area contributed by atoms with E-state index in [1.165, 1.54) is 28.1 Å². The van der Waals surface area contributed by atoms with Crippen molar-refractivity contribution >= 4 is 32.8 Å². The van der Waals surface area contributed by atoms with Crippen LogP contribution in [0, 0.1) is 26.1 Å². The molecular weight excluding hydrogens is 923 g/mol. The first-order valence-electron chi connectivity index (χ1n) is 21.4. The molecular formula is C56H39IrN3O-2. The van der Waals surface area contributed by atoms with Crippen LogP contribution in [0.2, 0.25) is 0 Å². The van der Waals surface area contributed by atoms with E-state index < -0.39 is 6.85 Å². The molecule has 1 radical (unpaired) electrons. The summed E-state index contributed by atoms with van der Waals surface area (Å²) in [5.41, 5.74) is 14.5. The zero-order valence-corrected chi connectivity index (χ0v) is 35.5. The van der Waals surface area contributed by atoms with E-state index in [1.807, 2.05) is 24.3 Å². The molecule has 0 saturated carbocycles. The molecule has 4 nitrogen and oxygen atoms in total. The monoisotopic (exact) mass is 965 g/mol. The van der Waals surface area contributed by atoms with Crippen molar-refractivity contribution in [3.8, 4) is 61.7 Å². The summed E-state index contributed by atoms with van der Waals surface area (Å²) in [5, 5.41) is 3.41. The molecule has 0 fully saturated rings. The Morgan fingerprint density at radius 3 is 2.02 bits per heavy atom. The summed E-state index contributed by atoms with van der Waals surface area (Å²) in [6, 6.07) is 69.4. The van der Waals surface area contributed by atoms with E-state index in [0.29, 0.717) is 0 Å². The molecule has 3 heterocycles. The number of imidazole rings is 1. The molecule has 0 aliphatic rings. The Kier molecular flexibility index (Phi) is 10.1. The van der Waals surface area contributed by atoms with Gasteiger partial charge in [0.05, 0.1) is 22.5 Å². The van der Waals surface area contributed by atoms with Gasteiger partial charge in [-0.2, -0.15) is 0 Å². The van der Waals surface area contributed by atoms with Crippen LogP contribution >= 0.6 is 0 Å². The van der Waals surface area contributed by atoms with Crippen molar-refractivity contribution in [3.05, 3.63) is 224 Å². The van der Waals surface area contributed by atoms with Crippen LogP contribution in [0.1, 0.15) is 15.2 Å². The summed E-state index contributed by atoms with van der Waals surface area (Å²) in [4.78, 5) is 9.42. The fourth-order valence-corrected chi connectivity index (χ4v) is 8.01. The summed E-state index contributed by atoms with van der Waals surface area (Å²) < 4.78 is 30.2. The Morgan fingerprint density at radius 1 is 0.590 bits per heavy atom. The molecule has 8 aromatic carbocycles. The molecule has 0 atom stereocenters. The first kappa shape index (κ1) is 35.7. The fraction of sp³-hybridized carbons (Fsp3) is 0.0357. The summed E-state index contributed by atoms with van der Waals surface area (Å²) in [6.45, 7) is 0.0771. The number of aryl methyl sites for hydroxylation is 2. The normalized spacial score (nSPS) is 11.9. The van der Waals surface area contributed by atoms with E-state index in [1.54, 1.807) is 18.2 Å². The van der Waals surface area contributed by atoms with Crippen LogP contribution in [0.4, 0.5) is 0 Å². The van der Waals surface area contributed by atoms with Crippen LogP contribution in [-0.4, -0.2) is 14.5 Å². The second-order valence-corrected chi connectivity index (χ2v) is 14.7. The third-order valence-corrected chi connectivity index (χ3v) is 10.8. The van der Waals surface area contributed by atoms with Gasteiger partial charge in [-0.3, -0.25) is 4.98 Å². The second-order valence-electron chi connectivity index (χ2n) is 14.7. The van der Waals surface area contributed by atoms with Crippen LogP contribution in [-0.2, 0) is 20.1 Å². The second kappa shape index (κ2) is 17.2. The van der Waals surface area contributed by atoms with Crippen molar-refractivity contribution < 1.29 is 28.6 Å². The van der Waals surface area contributed by atoms with Crippen LogP contribution in [0.15, 0.2) is 205 Å². The number of para-hydroxylation sites is 2. The van der Waals surface area contributed by atoms with Gasteiger partial charge in [-0.05, 0) is 87.9 Å². The Labute approximate surface area is 373 Å². The summed E-state index contributed by atoms with van der Waals surface area (Å²) in [7, 11) is 0. The summed E-state index contributed by atoms with van der Waals surface area (Å²) in [6.07, 6.45) is 4.68. The number of hydrogen-bond acceptors (Lipinski definition) is 3. The maximum absolute atomic E-state index is 7.23. The fourth-order valence-electron chi connectivity index (χ4n) is 8.01. The van der Waals surface area contributed by atoms with E-state index >= 15 is 0 Å². The molecule has 0 N–H and O–H groups in total. The molecule has 0 saturated heterocycles. The Hall–Kier alpha value is -7.17. The number of benzene rings is 8. The van der Waals surface area contributed by atoms with Gasteiger partial charge in [-0.25, -0.2) is 0 Å². The number of hydrogen-bond donors (Lipinski definition) is 0. The van der Waals surface area contributed by atoms with E-state index in [-0.39, 0.29) is 25.7 Å². The van der Waals surface area contributed by atoms with Crippen molar-refractivity contribution in [3.63, 3.8) is 0 Å². The van der Waals surface area contributed by atoms with Crippen molar-refractivity contribution in [2.75, 3.05) is 0 Å². The SMILES string of the molecule is Cc1cc(-c2ccccc2)c(-n2c(-c3[c-]oc4ccc(-c5cccc6ccccc56)cc34)nc3ccccc32)c(-c2ccccc2)c1.[2H]C([2H])([2H])c1ccc(-c2[c-]cccc2)nc1.[Ir]. The van der Waals surface area contributed by atoms with Crippen molar-refractivity contribution in [2.24, 2.45) is 0 Å². The topological polar surface area (TPSA) is 43.9 Å². The molecule has 0 aliphatic carbocycles. The number of furan rings is 1. The molecule has 3 aromatic heterocycles. The maximum atomic E-state index is 7.23. The van der Waals surface area contributed by atoms with E-state index in [4.69, 9.17) is 13.5 Å². The number of aromatic nitrogens is 3. The molecule has 11 aromatic rings. The van der Waals surface area contributed by atoms with Gasteiger partial charge in [-0.15, -0.1) is 35.9 Å². The Morgan fingerprint density at radius 2 is 1.30 bits per heavy atom. The van der Waals surface area contributed by atoms with E-state index in [2.05, 4.69) is 180 Å². The van der Waals surface area contributed by atoms with Gasteiger partial charge in [-0.1, -0.05) is 157 Å². The average molecular weight is 965 g/mol. The Balaban J connectivity index is 0.000000258. The Bertz CT molecular complexity index is 3320. The van der Waals surface area contributed by atoms with E-state index in [9.17, 15) is 0 Å². The summed E-state index contributed by atoms with van der Waals surface area (Å²) in [5.74, 6) is 0.790. The quantitative estimate of drug-likeness (QED) is 0.156. The van der Waals surface area contributed by atoms with E-state index in [0.717, 1.165) is 78.2 Å². The first-order valence-corrected chi connectivity index (χ1v) is 19.9. The third-order valence-electron chi connectivity index (χ3n) is 10.8. The maximum Gasteiger partial charge on any atom is 0.0774 e. The van der Waals surface area contributed by atoms with Gasteiger partial charge in [0, 0.05) is 53.4 Å². The summed E-state index contributed by atoms with van der Waals surface area (Å²) >= 11 is 0. The van der Waals surface area contributed by atoms with Crippen molar-refractivity contribution in [1.82, 2.24) is 14.5 Å². The van der Waals surface area contributed by atoms with Gasteiger partial charge in [0.1, 0.15) is 0 Å². The minimum atomic E-state index is -2.09. The molecule has 0 aliphatic heterocycles. The van der Waals surface area contributed by atoms with Gasteiger partial charge in [0.2, 0.25) is 0 Å². The molecule has 61 heavy (non-hydrogen) atoms. The smallest absolute Gasteiger partial charge is 0.0774 e. The third kappa shape index (κ3) is 7.74. The predicted molar refractivity (Wildman–Crippen MR) is 247 cm³/mol. The van der Waals surface area contributed by atoms with Gasteiger partial charge < -0.3 is 14.0 Å². The minimum absolute atomic E-state index is 0. The van der Waals surface area contributed by atoms with Crippen LogP contribution in [0.5, 0.6) is 0 Å². The van der Waals surface area contributed by atoms with Gasteiger partial charge in [0.15, 0.2) is 0 Å².